The van der Waals surface area contributed by atoms with E-state index in [9.17, 15) is 22.8 Å². The van der Waals surface area contributed by atoms with Gasteiger partial charge in [0, 0.05) is 7.11 Å². The van der Waals surface area contributed by atoms with E-state index in [-0.39, 0.29) is 13.0 Å². The first-order chi connectivity index (χ1) is 9.74. The van der Waals surface area contributed by atoms with Gasteiger partial charge in [0.05, 0.1) is 18.5 Å². The quantitative estimate of drug-likeness (QED) is 0.834. The number of hydrogen-bond acceptors (Lipinski definition) is 3. The van der Waals surface area contributed by atoms with Gasteiger partial charge in [-0.05, 0) is 17.7 Å². The number of hydrogen-bond donors (Lipinski definition) is 2. The van der Waals surface area contributed by atoms with Crippen molar-refractivity contribution in [3.8, 4) is 0 Å². The van der Waals surface area contributed by atoms with Crippen LogP contribution in [-0.4, -0.2) is 36.7 Å². The Labute approximate surface area is 118 Å². The van der Waals surface area contributed by atoms with E-state index in [0.717, 1.165) is 12.1 Å². The zero-order valence-electron chi connectivity index (χ0n) is 11.1. The average Bonchev–Trinajstić information content (AvgIpc) is 2.38. The molecule has 116 valence electrons. The molecule has 0 aliphatic carbocycles. The number of amides is 1. The molecule has 1 rings (SSSR count). The molecule has 1 aromatic carbocycles. The first-order valence-electron chi connectivity index (χ1n) is 5.92. The molecule has 0 saturated carbocycles. The molecule has 5 nitrogen and oxygen atoms in total. The van der Waals surface area contributed by atoms with Gasteiger partial charge in [-0.1, -0.05) is 12.1 Å². The molecule has 1 atom stereocenters. The van der Waals surface area contributed by atoms with Crippen LogP contribution in [0, 0.1) is 0 Å². The van der Waals surface area contributed by atoms with Crippen molar-refractivity contribution >= 4 is 11.9 Å². The van der Waals surface area contributed by atoms with E-state index < -0.39 is 29.7 Å². The second kappa shape index (κ2) is 7.07. The van der Waals surface area contributed by atoms with Gasteiger partial charge < -0.3 is 15.2 Å². The third-order valence-corrected chi connectivity index (χ3v) is 2.69. The minimum Gasteiger partial charge on any atom is -0.479 e. The fourth-order valence-electron chi connectivity index (χ4n) is 1.54. The van der Waals surface area contributed by atoms with Crippen molar-refractivity contribution in [1.29, 1.82) is 0 Å². The molecule has 8 heteroatoms. The Balaban J connectivity index is 2.54. The summed E-state index contributed by atoms with van der Waals surface area (Å²) < 4.78 is 41.7. The Kier molecular flexibility index (Phi) is 5.71. The zero-order chi connectivity index (χ0) is 16.0. The van der Waals surface area contributed by atoms with Crippen LogP contribution in [0.15, 0.2) is 24.3 Å². The summed E-state index contributed by atoms with van der Waals surface area (Å²) in [7, 11) is 1.20. The van der Waals surface area contributed by atoms with Crippen LogP contribution in [0.2, 0.25) is 0 Å². The Hall–Kier alpha value is -2.09. The molecule has 0 aromatic heterocycles. The second-order valence-corrected chi connectivity index (χ2v) is 4.24. The van der Waals surface area contributed by atoms with Crippen LogP contribution in [0.1, 0.15) is 11.1 Å². The topological polar surface area (TPSA) is 75.6 Å². The predicted octanol–water partition coefficient (Wildman–Crippen LogP) is 1.46. The van der Waals surface area contributed by atoms with Gasteiger partial charge in [-0.25, -0.2) is 4.79 Å². The van der Waals surface area contributed by atoms with E-state index in [4.69, 9.17) is 5.11 Å². The number of ether oxygens (including phenoxy) is 1. The lowest BCUT2D eigenvalue weighted by Crippen LogP contribution is -2.38. The number of carbonyl (C=O) groups excluding carboxylic acids is 1. The Morgan fingerprint density at radius 3 is 2.29 bits per heavy atom. The van der Waals surface area contributed by atoms with E-state index in [2.05, 4.69) is 10.1 Å². The molecule has 1 amide bonds. The fourth-order valence-corrected chi connectivity index (χ4v) is 1.54. The minimum absolute atomic E-state index is 0.145. The van der Waals surface area contributed by atoms with E-state index in [0.29, 0.717) is 5.56 Å². The molecule has 0 radical (unpaired) electrons. The molecule has 21 heavy (non-hydrogen) atoms. The number of rotatable bonds is 6. The maximum atomic E-state index is 12.4. The number of carboxylic acids is 1. The normalized spacial score (nSPS) is 12.8. The lowest BCUT2D eigenvalue weighted by Gasteiger charge is -2.12. The van der Waals surface area contributed by atoms with Crippen LogP contribution in [0.5, 0.6) is 0 Å². The molecular weight excluding hydrogens is 291 g/mol. The smallest absolute Gasteiger partial charge is 0.416 e. The van der Waals surface area contributed by atoms with E-state index in [1.165, 1.54) is 19.2 Å². The summed E-state index contributed by atoms with van der Waals surface area (Å²) in [5.41, 5.74) is -0.401. The molecule has 0 aliphatic heterocycles. The van der Waals surface area contributed by atoms with Gasteiger partial charge in [-0.15, -0.1) is 0 Å². The summed E-state index contributed by atoms with van der Waals surface area (Å²) in [5, 5.41) is 11.0. The van der Waals surface area contributed by atoms with Crippen molar-refractivity contribution in [3.63, 3.8) is 0 Å². The van der Waals surface area contributed by atoms with Gasteiger partial charge in [0.1, 0.15) is 0 Å². The maximum Gasteiger partial charge on any atom is 0.416 e. The number of nitrogens with one attached hydrogen (secondary N) is 1. The van der Waals surface area contributed by atoms with Crippen molar-refractivity contribution in [2.45, 2.75) is 18.7 Å². The van der Waals surface area contributed by atoms with Crippen LogP contribution in [0.25, 0.3) is 0 Å². The highest BCUT2D eigenvalue weighted by Crippen LogP contribution is 2.29. The summed E-state index contributed by atoms with van der Waals surface area (Å²) in [6.45, 7) is -0.217. The summed E-state index contributed by atoms with van der Waals surface area (Å²) >= 11 is 0. The second-order valence-electron chi connectivity index (χ2n) is 4.24. The number of carbonyl (C=O) groups is 2. The van der Waals surface area contributed by atoms with Crippen molar-refractivity contribution < 1.29 is 32.6 Å². The van der Waals surface area contributed by atoms with Gasteiger partial charge in [-0.3, -0.25) is 4.79 Å². The first kappa shape index (κ1) is 17.0. The SMILES string of the molecule is COC(CNC(=O)Cc1ccc(C(F)(F)F)cc1)C(=O)O. The largest absolute Gasteiger partial charge is 0.479 e. The van der Waals surface area contributed by atoms with Gasteiger partial charge in [0.2, 0.25) is 5.91 Å². The van der Waals surface area contributed by atoms with Crippen LogP contribution in [-0.2, 0) is 26.9 Å². The monoisotopic (exact) mass is 305 g/mol. The number of halogens is 3. The molecule has 0 saturated heterocycles. The predicted molar refractivity (Wildman–Crippen MR) is 66.6 cm³/mol. The first-order valence-corrected chi connectivity index (χ1v) is 5.92. The van der Waals surface area contributed by atoms with E-state index in [1.54, 1.807) is 0 Å². The highest BCUT2D eigenvalue weighted by molar-refractivity contribution is 5.80. The van der Waals surface area contributed by atoms with E-state index >= 15 is 0 Å². The Morgan fingerprint density at radius 2 is 1.86 bits per heavy atom. The van der Waals surface area contributed by atoms with Crippen LogP contribution >= 0.6 is 0 Å². The highest BCUT2D eigenvalue weighted by Gasteiger charge is 2.30. The maximum absolute atomic E-state index is 12.4. The van der Waals surface area contributed by atoms with Gasteiger partial charge >= 0.3 is 12.1 Å². The van der Waals surface area contributed by atoms with Crippen LogP contribution < -0.4 is 5.32 Å². The summed E-state index contributed by atoms with van der Waals surface area (Å²) in [6.07, 6.45) is -5.73. The molecule has 0 fully saturated rings. The summed E-state index contributed by atoms with van der Waals surface area (Å²) in [6, 6.07) is 4.18. The van der Waals surface area contributed by atoms with Crippen molar-refractivity contribution in [2.24, 2.45) is 0 Å². The number of methoxy groups -OCH3 is 1. The van der Waals surface area contributed by atoms with Crippen molar-refractivity contribution in [1.82, 2.24) is 5.32 Å². The molecule has 1 aromatic rings. The van der Waals surface area contributed by atoms with E-state index in [1.807, 2.05) is 0 Å². The van der Waals surface area contributed by atoms with Gasteiger partial charge in [0.15, 0.2) is 6.10 Å². The molecular formula is C13H14F3NO4. The summed E-state index contributed by atoms with van der Waals surface area (Å²) in [4.78, 5) is 22.2. The van der Waals surface area contributed by atoms with Gasteiger partial charge in [-0.2, -0.15) is 13.2 Å². The average molecular weight is 305 g/mol. The molecule has 1 unspecified atom stereocenters. The molecule has 0 aliphatic rings. The number of benzene rings is 1. The number of carboxylic acid groups (broad SMARTS) is 1. The summed E-state index contributed by atoms with van der Waals surface area (Å²) in [5.74, 6) is -1.72. The number of aliphatic carboxylic acids is 1. The standard InChI is InChI=1S/C13H14F3NO4/c1-21-10(12(19)20)7-17-11(18)6-8-2-4-9(5-3-8)13(14,15)16/h2-5,10H,6-7H2,1H3,(H,17,18)(H,19,20). The molecule has 0 heterocycles. The van der Waals surface area contributed by atoms with Crippen LogP contribution in [0.4, 0.5) is 13.2 Å². The van der Waals surface area contributed by atoms with Crippen molar-refractivity contribution in [2.75, 3.05) is 13.7 Å². The molecule has 2 N–H and O–H groups in total. The fraction of sp³-hybridized carbons (Fsp3) is 0.385. The Morgan fingerprint density at radius 1 is 1.29 bits per heavy atom. The zero-order valence-corrected chi connectivity index (χ0v) is 11.1. The Bertz CT molecular complexity index is 499. The third kappa shape index (κ3) is 5.42. The molecule has 0 spiro atoms. The third-order valence-electron chi connectivity index (χ3n) is 2.69. The lowest BCUT2D eigenvalue weighted by atomic mass is 10.1. The van der Waals surface area contributed by atoms with Crippen LogP contribution in [0.3, 0.4) is 0 Å². The number of alkyl halides is 3. The van der Waals surface area contributed by atoms with Crippen molar-refractivity contribution in [3.05, 3.63) is 35.4 Å². The minimum atomic E-state index is -4.42. The molecule has 0 bridgehead atoms. The highest BCUT2D eigenvalue weighted by atomic mass is 19.4. The van der Waals surface area contributed by atoms with Gasteiger partial charge in [0.25, 0.3) is 0 Å². The lowest BCUT2D eigenvalue weighted by molar-refractivity contribution is -0.148.